The molecule has 1 aliphatic heterocycles. The number of benzene rings is 1. The zero-order chi connectivity index (χ0) is 21.3. The Kier molecular flexibility index (Phi) is 5.13. The van der Waals surface area contributed by atoms with Gasteiger partial charge in [0.25, 0.3) is 11.6 Å². The SMILES string of the molecule is Cc1cc(C(=O)N2CCN(c3ccc(-n4ccnc4C)nn3)CC2)ccc1[N+](=O)[O-]. The molecule has 0 unspecified atom stereocenters. The fourth-order valence-corrected chi connectivity index (χ4v) is 3.55. The summed E-state index contributed by atoms with van der Waals surface area (Å²) in [6.45, 7) is 5.89. The number of amides is 1. The van der Waals surface area contributed by atoms with Gasteiger partial charge in [-0.3, -0.25) is 19.5 Å². The maximum Gasteiger partial charge on any atom is 0.272 e. The molecule has 1 aromatic carbocycles. The standard InChI is InChI=1S/C20H21N7O3/c1-14-13-16(3-4-17(14)27(29)30)20(28)25-11-9-24(10-12-25)18-5-6-19(23-22-18)26-8-7-21-15(26)2/h3-8,13H,9-12H2,1-2H3. The summed E-state index contributed by atoms with van der Waals surface area (Å²) in [7, 11) is 0. The van der Waals surface area contributed by atoms with Crippen molar-refractivity contribution in [2.24, 2.45) is 0 Å². The van der Waals surface area contributed by atoms with Gasteiger partial charge < -0.3 is 9.80 Å². The van der Waals surface area contributed by atoms with E-state index in [1.807, 2.05) is 29.8 Å². The minimum atomic E-state index is -0.442. The van der Waals surface area contributed by atoms with Crippen molar-refractivity contribution in [1.82, 2.24) is 24.6 Å². The zero-order valence-corrected chi connectivity index (χ0v) is 16.7. The molecule has 0 N–H and O–H groups in total. The van der Waals surface area contributed by atoms with Gasteiger partial charge in [-0.15, -0.1) is 10.2 Å². The molecule has 0 aliphatic carbocycles. The van der Waals surface area contributed by atoms with Gasteiger partial charge in [0.15, 0.2) is 11.6 Å². The molecule has 0 radical (unpaired) electrons. The maximum atomic E-state index is 12.8. The van der Waals surface area contributed by atoms with Crippen molar-refractivity contribution in [3.63, 3.8) is 0 Å². The Morgan fingerprint density at radius 3 is 2.30 bits per heavy atom. The van der Waals surface area contributed by atoms with Crippen molar-refractivity contribution in [3.8, 4) is 5.82 Å². The highest BCUT2D eigenvalue weighted by atomic mass is 16.6. The van der Waals surface area contributed by atoms with Crippen molar-refractivity contribution in [1.29, 1.82) is 0 Å². The molecule has 0 spiro atoms. The summed E-state index contributed by atoms with van der Waals surface area (Å²) >= 11 is 0. The van der Waals surface area contributed by atoms with E-state index in [9.17, 15) is 14.9 Å². The monoisotopic (exact) mass is 407 g/mol. The molecule has 10 nitrogen and oxygen atoms in total. The summed E-state index contributed by atoms with van der Waals surface area (Å²) in [5.74, 6) is 2.18. The maximum absolute atomic E-state index is 12.8. The second-order valence-electron chi connectivity index (χ2n) is 7.13. The molecule has 0 saturated carbocycles. The molecule has 1 fully saturated rings. The van der Waals surface area contributed by atoms with Crippen molar-refractivity contribution >= 4 is 17.4 Å². The minimum absolute atomic E-state index is 0.0178. The quantitative estimate of drug-likeness (QED) is 0.481. The van der Waals surface area contributed by atoms with Crippen LogP contribution in [0.25, 0.3) is 5.82 Å². The number of anilines is 1. The first-order valence-corrected chi connectivity index (χ1v) is 9.57. The van der Waals surface area contributed by atoms with Gasteiger partial charge in [-0.05, 0) is 38.1 Å². The van der Waals surface area contributed by atoms with Crippen molar-refractivity contribution in [2.45, 2.75) is 13.8 Å². The van der Waals surface area contributed by atoms with Crippen molar-refractivity contribution < 1.29 is 9.72 Å². The highest BCUT2D eigenvalue weighted by molar-refractivity contribution is 5.95. The van der Waals surface area contributed by atoms with E-state index in [2.05, 4.69) is 20.1 Å². The molecule has 4 rings (SSSR count). The highest BCUT2D eigenvalue weighted by Crippen LogP contribution is 2.21. The Bertz CT molecular complexity index is 1090. The van der Waals surface area contributed by atoms with E-state index in [4.69, 9.17) is 0 Å². The molecule has 2 aromatic heterocycles. The van der Waals surface area contributed by atoms with E-state index in [0.29, 0.717) is 43.1 Å². The zero-order valence-electron chi connectivity index (χ0n) is 16.7. The molecule has 3 aromatic rings. The van der Waals surface area contributed by atoms with Crippen LogP contribution in [0.3, 0.4) is 0 Å². The first-order chi connectivity index (χ1) is 14.4. The largest absolute Gasteiger partial charge is 0.352 e. The van der Waals surface area contributed by atoms with Gasteiger partial charge in [-0.1, -0.05) is 0 Å². The van der Waals surface area contributed by atoms with Crippen LogP contribution in [0.4, 0.5) is 11.5 Å². The number of carbonyl (C=O) groups excluding carboxylic acids is 1. The van der Waals surface area contributed by atoms with E-state index >= 15 is 0 Å². The lowest BCUT2D eigenvalue weighted by Gasteiger charge is -2.35. The number of carbonyl (C=O) groups is 1. The van der Waals surface area contributed by atoms with Gasteiger partial charge in [-0.2, -0.15) is 0 Å². The summed E-state index contributed by atoms with van der Waals surface area (Å²) in [5, 5.41) is 19.6. The lowest BCUT2D eigenvalue weighted by molar-refractivity contribution is -0.385. The fourth-order valence-electron chi connectivity index (χ4n) is 3.55. The molecule has 0 bridgehead atoms. The van der Waals surface area contributed by atoms with Gasteiger partial charge >= 0.3 is 0 Å². The number of imidazole rings is 1. The smallest absolute Gasteiger partial charge is 0.272 e. The second-order valence-corrected chi connectivity index (χ2v) is 7.13. The summed E-state index contributed by atoms with van der Waals surface area (Å²) in [4.78, 5) is 31.3. The topological polar surface area (TPSA) is 110 Å². The van der Waals surface area contributed by atoms with E-state index in [0.717, 1.165) is 11.6 Å². The number of nitrogens with zero attached hydrogens (tertiary/aromatic N) is 7. The van der Waals surface area contributed by atoms with Crippen LogP contribution in [-0.4, -0.2) is 61.7 Å². The third-order valence-corrected chi connectivity index (χ3v) is 5.24. The minimum Gasteiger partial charge on any atom is -0.352 e. The molecule has 30 heavy (non-hydrogen) atoms. The molecule has 1 saturated heterocycles. The number of hydrogen-bond acceptors (Lipinski definition) is 7. The lowest BCUT2D eigenvalue weighted by Crippen LogP contribution is -2.49. The van der Waals surface area contributed by atoms with Crippen LogP contribution in [-0.2, 0) is 0 Å². The van der Waals surface area contributed by atoms with Crippen LogP contribution >= 0.6 is 0 Å². The predicted molar refractivity (Wildman–Crippen MR) is 110 cm³/mol. The van der Waals surface area contributed by atoms with Crippen molar-refractivity contribution in [2.75, 3.05) is 31.1 Å². The number of piperazine rings is 1. The Morgan fingerprint density at radius 2 is 1.73 bits per heavy atom. The number of rotatable bonds is 4. The average Bonchev–Trinajstić information content (AvgIpc) is 3.19. The van der Waals surface area contributed by atoms with Crippen LogP contribution in [0.5, 0.6) is 0 Å². The number of nitro benzene ring substituents is 1. The molecule has 154 valence electrons. The molecule has 1 amide bonds. The first-order valence-electron chi connectivity index (χ1n) is 9.57. The first kappa shape index (κ1) is 19.5. The summed E-state index contributed by atoms with van der Waals surface area (Å²) in [6.07, 6.45) is 3.55. The number of nitro groups is 1. The Balaban J connectivity index is 1.40. The van der Waals surface area contributed by atoms with Crippen LogP contribution in [0.2, 0.25) is 0 Å². The van der Waals surface area contributed by atoms with Gasteiger partial charge in [0.05, 0.1) is 4.92 Å². The van der Waals surface area contributed by atoms with Crippen LogP contribution in [0.1, 0.15) is 21.7 Å². The number of hydrogen-bond donors (Lipinski definition) is 0. The van der Waals surface area contributed by atoms with Gasteiger partial charge in [0.1, 0.15) is 5.82 Å². The molecular formula is C20H21N7O3. The van der Waals surface area contributed by atoms with Gasteiger partial charge in [0, 0.05) is 55.8 Å². The van der Waals surface area contributed by atoms with Crippen LogP contribution in [0.15, 0.2) is 42.7 Å². The Morgan fingerprint density at radius 1 is 1.03 bits per heavy atom. The second kappa shape index (κ2) is 7.90. The van der Waals surface area contributed by atoms with Gasteiger partial charge in [0.2, 0.25) is 0 Å². The third kappa shape index (κ3) is 3.71. The van der Waals surface area contributed by atoms with E-state index in [1.165, 1.54) is 12.1 Å². The van der Waals surface area contributed by atoms with E-state index in [-0.39, 0.29) is 11.6 Å². The number of aromatic nitrogens is 4. The normalized spacial score (nSPS) is 14.1. The lowest BCUT2D eigenvalue weighted by atomic mass is 10.1. The fraction of sp³-hybridized carbons (Fsp3) is 0.300. The molecule has 1 aliphatic rings. The Labute approximate surface area is 172 Å². The van der Waals surface area contributed by atoms with E-state index < -0.39 is 4.92 Å². The van der Waals surface area contributed by atoms with Crippen LogP contribution in [0, 0.1) is 24.0 Å². The number of aryl methyl sites for hydroxylation is 2. The molecule has 0 atom stereocenters. The van der Waals surface area contributed by atoms with Crippen molar-refractivity contribution in [3.05, 3.63) is 69.8 Å². The predicted octanol–water partition coefficient (Wildman–Crippen LogP) is 2.15. The van der Waals surface area contributed by atoms with Crippen LogP contribution < -0.4 is 4.90 Å². The summed E-state index contributed by atoms with van der Waals surface area (Å²) < 4.78 is 1.86. The Hall–Kier alpha value is -3.82. The van der Waals surface area contributed by atoms with Gasteiger partial charge in [-0.25, -0.2) is 4.98 Å². The van der Waals surface area contributed by atoms with E-state index in [1.54, 1.807) is 24.1 Å². The molecular weight excluding hydrogens is 386 g/mol. The molecule has 10 heteroatoms. The third-order valence-electron chi connectivity index (χ3n) is 5.24. The average molecular weight is 407 g/mol. The molecule has 3 heterocycles. The highest BCUT2D eigenvalue weighted by Gasteiger charge is 2.24. The summed E-state index contributed by atoms with van der Waals surface area (Å²) in [5.41, 5.74) is 0.962. The summed E-state index contributed by atoms with van der Waals surface area (Å²) in [6, 6.07) is 8.29.